The molecule has 1 heterocycles. The number of benzene rings is 2. The number of halogens is 3. The zero-order valence-electron chi connectivity index (χ0n) is 21.7. The molecule has 3 rings (SSSR count). The van der Waals surface area contributed by atoms with Crippen molar-refractivity contribution in [1.29, 1.82) is 0 Å². The maximum Gasteiger partial charge on any atom is 0.408 e. The van der Waals surface area contributed by atoms with Gasteiger partial charge in [0.05, 0.1) is 6.04 Å². The number of alkyl halides is 2. The molecule has 0 saturated carbocycles. The normalized spacial score (nSPS) is 13.5. The molecule has 3 aromatic rings. The summed E-state index contributed by atoms with van der Waals surface area (Å²) in [5.41, 5.74) is -0.537. The molecule has 11 heteroatoms. The number of aldehydes is 1. The Morgan fingerprint density at radius 3 is 2.48 bits per heavy atom. The number of ether oxygens (including phenoxy) is 1. The third-order valence-electron chi connectivity index (χ3n) is 6.15. The fraction of sp³-hybridized carbons (Fsp3) is 0.310. The van der Waals surface area contributed by atoms with Gasteiger partial charge in [-0.1, -0.05) is 79.9 Å². The summed E-state index contributed by atoms with van der Waals surface area (Å²) in [7, 11) is 0. The number of rotatable bonds is 13. The quantitative estimate of drug-likeness (QED) is 0.247. The molecule has 2 aromatic carbocycles. The van der Waals surface area contributed by atoms with Gasteiger partial charge in [0.1, 0.15) is 12.3 Å². The molecule has 3 N–H and O–H groups in total. The number of H-pyrrole nitrogens is 1. The van der Waals surface area contributed by atoms with E-state index < -0.39 is 47.2 Å². The number of aromatic nitrogens is 1. The summed E-state index contributed by atoms with van der Waals surface area (Å²) in [6, 6.07) is 13.5. The summed E-state index contributed by atoms with van der Waals surface area (Å²) in [6.45, 7) is 1.88. The average molecular weight is 574 g/mol. The van der Waals surface area contributed by atoms with Gasteiger partial charge in [-0.3, -0.25) is 9.59 Å². The van der Waals surface area contributed by atoms with Gasteiger partial charge in [-0.25, -0.2) is 4.79 Å². The zero-order valence-corrected chi connectivity index (χ0v) is 22.5. The van der Waals surface area contributed by atoms with Crippen LogP contribution < -0.4 is 16.2 Å². The van der Waals surface area contributed by atoms with Crippen LogP contribution in [0.25, 0.3) is 0 Å². The molecular formula is C29H30ClF2N3O5. The van der Waals surface area contributed by atoms with Gasteiger partial charge in [0, 0.05) is 28.8 Å². The van der Waals surface area contributed by atoms with Crippen LogP contribution in [0, 0.1) is 0 Å². The number of nitrogens with one attached hydrogen (secondary N) is 3. The van der Waals surface area contributed by atoms with Crippen LogP contribution >= 0.6 is 11.6 Å². The van der Waals surface area contributed by atoms with Gasteiger partial charge in [-0.15, -0.1) is 0 Å². The van der Waals surface area contributed by atoms with Crippen LogP contribution in [-0.4, -0.2) is 35.4 Å². The minimum atomic E-state index is -3.67. The van der Waals surface area contributed by atoms with Crippen molar-refractivity contribution in [2.24, 2.45) is 0 Å². The van der Waals surface area contributed by atoms with Crippen LogP contribution in [0.5, 0.6) is 0 Å². The van der Waals surface area contributed by atoms with Gasteiger partial charge in [-0.05, 0) is 30.2 Å². The number of carbonyl (C=O) groups is 3. The number of hydrogen-bond acceptors (Lipinski definition) is 5. The van der Waals surface area contributed by atoms with Gasteiger partial charge in [0.15, 0.2) is 6.10 Å². The Balaban J connectivity index is 1.79. The third-order valence-corrected chi connectivity index (χ3v) is 6.39. The number of hydrogen-bond donors (Lipinski definition) is 3. The van der Waals surface area contributed by atoms with Crippen molar-refractivity contribution in [2.75, 3.05) is 0 Å². The molecule has 0 saturated heterocycles. The number of alkyl carbamates (subject to hydrolysis) is 1. The standard InChI is InChI=1S/C29H30ClF2N3O5/c1-2-3-14-24(27(38)34-23(18-36)16-20-11-8-15-33-26(20)37)35-28(39)40-25(19-9-5-4-6-10-19)29(31,32)21-12-7-13-22(30)17-21/h4-13,15,17-18,23-25H,2-3,14,16H2,1H3,(H,33,37)(H,34,38)(H,35,39)/t23-,24-,25?/m0/s1. The molecule has 0 spiro atoms. The van der Waals surface area contributed by atoms with Gasteiger partial charge >= 0.3 is 12.0 Å². The van der Waals surface area contributed by atoms with Crippen molar-refractivity contribution in [1.82, 2.24) is 15.6 Å². The van der Waals surface area contributed by atoms with Crippen molar-refractivity contribution in [3.63, 3.8) is 0 Å². The Morgan fingerprint density at radius 1 is 1.07 bits per heavy atom. The highest BCUT2D eigenvalue weighted by Gasteiger charge is 2.46. The maximum absolute atomic E-state index is 15.7. The Kier molecular flexibility index (Phi) is 11.0. The van der Waals surface area contributed by atoms with E-state index in [1.54, 1.807) is 12.1 Å². The predicted molar refractivity (Wildman–Crippen MR) is 146 cm³/mol. The minimum absolute atomic E-state index is 0.0336. The maximum atomic E-state index is 15.7. The van der Waals surface area contributed by atoms with Gasteiger partial charge < -0.3 is 25.1 Å². The number of amides is 2. The van der Waals surface area contributed by atoms with Crippen LogP contribution in [0.3, 0.4) is 0 Å². The first-order valence-electron chi connectivity index (χ1n) is 12.7. The van der Waals surface area contributed by atoms with E-state index >= 15 is 8.78 Å². The van der Waals surface area contributed by atoms with Crippen molar-refractivity contribution >= 4 is 29.9 Å². The Morgan fingerprint density at radius 2 is 1.82 bits per heavy atom. The number of pyridine rings is 1. The van der Waals surface area contributed by atoms with Crippen molar-refractivity contribution in [2.45, 2.75) is 56.7 Å². The summed E-state index contributed by atoms with van der Waals surface area (Å²) >= 11 is 5.93. The summed E-state index contributed by atoms with van der Waals surface area (Å²) in [6.07, 6.45) is -0.0667. The molecule has 8 nitrogen and oxygen atoms in total. The first-order valence-corrected chi connectivity index (χ1v) is 13.1. The first-order chi connectivity index (χ1) is 19.1. The lowest BCUT2D eigenvalue weighted by atomic mass is 9.97. The number of unbranched alkanes of at least 4 members (excludes halogenated alkanes) is 1. The zero-order chi connectivity index (χ0) is 29.1. The highest BCUT2D eigenvalue weighted by Crippen LogP contribution is 2.43. The van der Waals surface area contributed by atoms with Gasteiger partial charge in [0.25, 0.3) is 5.56 Å². The third kappa shape index (κ3) is 8.22. The molecule has 1 aromatic heterocycles. The van der Waals surface area contributed by atoms with Gasteiger partial charge in [-0.2, -0.15) is 8.78 Å². The molecule has 0 aliphatic heterocycles. The highest BCUT2D eigenvalue weighted by atomic mass is 35.5. The smallest absolute Gasteiger partial charge is 0.408 e. The van der Waals surface area contributed by atoms with Crippen molar-refractivity contribution in [3.8, 4) is 0 Å². The Labute approximate surface area is 235 Å². The lowest BCUT2D eigenvalue weighted by Crippen LogP contribution is -2.51. The van der Waals surface area contributed by atoms with Crippen LogP contribution in [0.15, 0.2) is 77.7 Å². The van der Waals surface area contributed by atoms with Crippen LogP contribution in [0.4, 0.5) is 13.6 Å². The molecule has 1 unspecified atom stereocenters. The Bertz CT molecular complexity index is 1350. The SMILES string of the molecule is CCCC[C@H](NC(=O)OC(c1ccccc1)C(F)(F)c1cccc(Cl)c1)C(=O)N[C@H](C=O)Cc1ccc[nH]c1=O. The summed E-state index contributed by atoms with van der Waals surface area (Å²) in [5.74, 6) is -4.39. The van der Waals surface area contributed by atoms with E-state index in [1.807, 2.05) is 6.92 Å². The molecule has 40 heavy (non-hydrogen) atoms. The molecule has 0 aliphatic rings. The summed E-state index contributed by atoms with van der Waals surface area (Å²) in [4.78, 5) is 52.1. The fourth-order valence-electron chi connectivity index (χ4n) is 4.06. The van der Waals surface area contributed by atoms with Crippen LogP contribution in [-0.2, 0) is 26.7 Å². The summed E-state index contributed by atoms with van der Waals surface area (Å²) < 4.78 is 36.6. The second kappa shape index (κ2) is 14.4. The van der Waals surface area contributed by atoms with E-state index in [0.29, 0.717) is 19.1 Å². The molecule has 0 bridgehead atoms. The number of aromatic amines is 1. The van der Waals surface area contributed by atoms with Crippen molar-refractivity contribution < 1.29 is 27.9 Å². The van der Waals surface area contributed by atoms with E-state index in [1.165, 1.54) is 54.7 Å². The molecule has 0 radical (unpaired) electrons. The van der Waals surface area contributed by atoms with Crippen LogP contribution in [0.1, 0.15) is 49.0 Å². The predicted octanol–water partition coefficient (Wildman–Crippen LogP) is 5.07. The minimum Gasteiger partial charge on any atom is -0.434 e. The molecule has 2 amide bonds. The topological polar surface area (TPSA) is 117 Å². The molecule has 0 fully saturated rings. The van der Waals surface area contributed by atoms with E-state index in [4.69, 9.17) is 16.3 Å². The Hall–Kier alpha value is -4.05. The monoisotopic (exact) mass is 573 g/mol. The van der Waals surface area contributed by atoms with E-state index in [-0.39, 0.29) is 29.0 Å². The van der Waals surface area contributed by atoms with Crippen LogP contribution in [0.2, 0.25) is 5.02 Å². The van der Waals surface area contributed by atoms with E-state index in [2.05, 4.69) is 15.6 Å². The second-order valence-corrected chi connectivity index (χ2v) is 9.58. The molecule has 0 aliphatic carbocycles. The lowest BCUT2D eigenvalue weighted by Gasteiger charge is -2.28. The molecular weight excluding hydrogens is 544 g/mol. The highest BCUT2D eigenvalue weighted by molar-refractivity contribution is 6.30. The van der Waals surface area contributed by atoms with E-state index in [0.717, 1.165) is 6.07 Å². The first kappa shape index (κ1) is 30.5. The lowest BCUT2D eigenvalue weighted by molar-refractivity contribution is -0.127. The number of carbonyl (C=O) groups excluding carboxylic acids is 3. The van der Waals surface area contributed by atoms with Gasteiger partial charge in [0.2, 0.25) is 5.91 Å². The summed E-state index contributed by atoms with van der Waals surface area (Å²) in [5, 5.41) is 4.98. The average Bonchev–Trinajstić information content (AvgIpc) is 2.95. The van der Waals surface area contributed by atoms with Crippen molar-refractivity contribution in [3.05, 3.63) is 105 Å². The van der Waals surface area contributed by atoms with E-state index in [9.17, 15) is 19.2 Å². The fourth-order valence-corrected chi connectivity index (χ4v) is 4.25. The molecule has 212 valence electrons. The largest absolute Gasteiger partial charge is 0.434 e. The molecule has 3 atom stereocenters. The second-order valence-electron chi connectivity index (χ2n) is 9.15.